The number of carbonyl (C=O) groups excluding carboxylic acids is 1. The van der Waals surface area contributed by atoms with E-state index < -0.39 is 0 Å². The van der Waals surface area contributed by atoms with Gasteiger partial charge in [0.2, 0.25) is 5.95 Å². The second kappa shape index (κ2) is 6.09. The highest BCUT2D eigenvalue weighted by Crippen LogP contribution is 2.44. The topological polar surface area (TPSA) is 80.0 Å². The smallest absolute Gasteiger partial charge is 0.226 e. The summed E-state index contributed by atoms with van der Waals surface area (Å²) in [6, 6.07) is 16.9. The third kappa shape index (κ3) is 2.52. The second-order valence-corrected chi connectivity index (χ2v) is 6.95. The summed E-state index contributed by atoms with van der Waals surface area (Å²) in [4.78, 5) is 17.5. The number of rotatable bonds is 2. The van der Waals surface area contributed by atoms with E-state index in [1.807, 2.05) is 42.5 Å². The molecule has 6 nitrogen and oxygen atoms in total. The van der Waals surface area contributed by atoms with Gasteiger partial charge in [-0.05, 0) is 23.6 Å². The molecule has 2 atom stereocenters. The van der Waals surface area contributed by atoms with E-state index in [1.54, 1.807) is 16.8 Å². The van der Waals surface area contributed by atoms with Gasteiger partial charge in [0.25, 0.3) is 0 Å². The number of anilines is 1. The Hall–Kier alpha value is -3.41. The normalized spacial score (nSPS) is 21.4. The van der Waals surface area contributed by atoms with E-state index in [9.17, 15) is 9.90 Å². The number of hydrogen-bond acceptors (Lipinski definition) is 5. The first kappa shape index (κ1) is 15.8. The van der Waals surface area contributed by atoms with Crippen LogP contribution < -0.4 is 5.32 Å². The van der Waals surface area contributed by atoms with Crippen molar-refractivity contribution in [2.24, 2.45) is 0 Å². The molecular formula is C21H18N4O2. The molecule has 1 aliphatic heterocycles. The van der Waals surface area contributed by atoms with E-state index >= 15 is 0 Å². The van der Waals surface area contributed by atoms with Crippen LogP contribution in [0, 0.1) is 0 Å². The zero-order chi connectivity index (χ0) is 18.4. The molecule has 134 valence electrons. The molecule has 27 heavy (non-hydrogen) atoms. The number of nitrogens with one attached hydrogen (secondary N) is 1. The second-order valence-electron chi connectivity index (χ2n) is 6.95. The van der Waals surface area contributed by atoms with Gasteiger partial charge in [-0.1, -0.05) is 48.5 Å². The maximum atomic E-state index is 13.2. The molecule has 0 spiro atoms. The van der Waals surface area contributed by atoms with Crippen LogP contribution in [0.4, 0.5) is 5.95 Å². The van der Waals surface area contributed by atoms with Crippen LogP contribution in [0.25, 0.3) is 0 Å². The Balaban J connectivity index is 1.61. The third-order valence-corrected chi connectivity index (χ3v) is 5.35. The third-order valence-electron chi connectivity index (χ3n) is 5.35. The van der Waals surface area contributed by atoms with E-state index in [-0.39, 0.29) is 23.5 Å². The maximum absolute atomic E-state index is 13.2. The van der Waals surface area contributed by atoms with E-state index in [1.165, 1.54) is 6.33 Å². The minimum absolute atomic E-state index is 0.0594. The highest BCUT2D eigenvalue weighted by molar-refractivity contribution is 6.00. The number of Topliss-reactive ketones (excluding diaryl/α,β-unsaturated/α-hetero) is 1. The van der Waals surface area contributed by atoms with Crippen molar-refractivity contribution in [3.05, 3.63) is 83.3 Å². The predicted molar refractivity (Wildman–Crippen MR) is 100 cm³/mol. The lowest BCUT2D eigenvalue weighted by Gasteiger charge is -2.35. The number of benzene rings is 2. The Morgan fingerprint density at radius 3 is 2.63 bits per heavy atom. The number of nitrogens with zero attached hydrogens (tertiary/aromatic N) is 3. The van der Waals surface area contributed by atoms with Gasteiger partial charge < -0.3 is 10.4 Å². The number of carbonyl (C=O) groups is 1. The van der Waals surface area contributed by atoms with Gasteiger partial charge in [-0.15, -0.1) is 0 Å². The monoisotopic (exact) mass is 358 g/mol. The highest BCUT2D eigenvalue weighted by Gasteiger charge is 2.39. The van der Waals surface area contributed by atoms with Gasteiger partial charge >= 0.3 is 0 Å². The fourth-order valence-corrected chi connectivity index (χ4v) is 4.15. The van der Waals surface area contributed by atoms with Gasteiger partial charge in [0.05, 0.1) is 0 Å². The quantitative estimate of drug-likeness (QED) is 0.734. The number of phenolic OH excluding ortho intramolecular Hbond substituents is 1. The number of aromatic hydroxyl groups is 1. The van der Waals surface area contributed by atoms with Crippen molar-refractivity contribution in [1.29, 1.82) is 0 Å². The summed E-state index contributed by atoms with van der Waals surface area (Å²) in [5.41, 5.74) is 3.43. The minimum atomic E-state index is -0.280. The van der Waals surface area contributed by atoms with E-state index in [0.717, 1.165) is 22.4 Å². The highest BCUT2D eigenvalue weighted by atomic mass is 16.3. The van der Waals surface area contributed by atoms with Crippen molar-refractivity contribution >= 4 is 11.7 Å². The van der Waals surface area contributed by atoms with E-state index in [4.69, 9.17) is 0 Å². The van der Waals surface area contributed by atoms with Crippen molar-refractivity contribution in [1.82, 2.24) is 14.8 Å². The van der Waals surface area contributed by atoms with Crippen LogP contribution in [-0.2, 0) is 4.79 Å². The molecule has 1 aromatic heterocycles. The number of para-hydroxylation sites is 1. The van der Waals surface area contributed by atoms with Gasteiger partial charge in [0.1, 0.15) is 18.1 Å². The standard InChI is InChI=1S/C21H18N4O2/c26-17-9-5-4-8-15(17)14-10-16-19(18(27)11-14)20(13-6-2-1-3-7-13)25-21(24-16)22-12-23-25/h1-9,12,14,20,26H,10-11H2,(H,22,23,24)/t14-,20+/m0/s1. The van der Waals surface area contributed by atoms with Gasteiger partial charge in [0, 0.05) is 23.6 Å². The molecular weight excluding hydrogens is 340 g/mol. The average molecular weight is 358 g/mol. The Morgan fingerprint density at radius 2 is 1.81 bits per heavy atom. The lowest BCUT2D eigenvalue weighted by atomic mass is 9.77. The summed E-state index contributed by atoms with van der Waals surface area (Å²) in [7, 11) is 0. The fraction of sp³-hybridized carbons (Fsp3) is 0.190. The molecule has 0 amide bonds. The Labute approximate surface area is 156 Å². The number of phenols is 1. The van der Waals surface area contributed by atoms with Crippen LogP contribution in [0.3, 0.4) is 0 Å². The number of fused-ring (bicyclic) bond motifs is 1. The largest absolute Gasteiger partial charge is 0.508 e. The lowest BCUT2D eigenvalue weighted by Crippen LogP contribution is -2.33. The molecule has 3 aromatic rings. The molecule has 5 rings (SSSR count). The summed E-state index contributed by atoms with van der Waals surface area (Å²) in [6.45, 7) is 0. The van der Waals surface area contributed by atoms with Gasteiger partial charge in [-0.2, -0.15) is 10.1 Å². The van der Waals surface area contributed by atoms with Gasteiger partial charge in [0.15, 0.2) is 5.78 Å². The van der Waals surface area contributed by atoms with E-state index in [2.05, 4.69) is 15.4 Å². The summed E-state index contributed by atoms with van der Waals surface area (Å²) < 4.78 is 1.77. The van der Waals surface area contributed by atoms with Crippen molar-refractivity contribution in [3.63, 3.8) is 0 Å². The number of ketones is 1. The van der Waals surface area contributed by atoms with Crippen molar-refractivity contribution < 1.29 is 9.90 Å². The average Bonchev–Trinajstić information content (AvgIpc) is 3.15. The predicted octanol–water partition coefficient (Wildman–Crippen LogP) is 3.40. The molecule has 0 bridgehead atoms. The molecule has 2 aliphatic rings. The maximum Gasteiger partial charge on any atom is 0.226 e. The summed E-state index contributed by atoms with van der Waals surface area (Å²) in [5, 5.41) is 17.9. The number of aromatic nitrogens is 3. The van der Waals surface area contributed by atoms with Crippen LogP contribution in [0.15, 0.2) is 72.2 Å². The molecule has 2 aromatic carbocycles. The Morgan fingerprint density at radius 1 is 1.04 bits per heavy atom. The van der Waals surface area contributed by atoms with Crippen LogP contribution in [0.5, 0.6) is 5.75 Å². The fourth-order valence-electron chi connectivity index (χ4n) is 4.15. The summed E-state index contributed by atoms with van der Waals surface area (Å²) in [6.07, 6.45) is 2.52. The molecule has 6 heteroatoms. The van der Waals surface area contributed by atoms with Crippen LogP contribution in [-0.4, -0.2) is 25.7 Å². The molecule has 0 saturated heterocycles. The lowest BCUT2D eigenvalue weighted by molar-refractivity contribution is -0.116. The van der Waals surface area contributed by atoms with Crippen LogP contribution in [0.1, 0.15) is 35.9 Å². The van der Waals surface area contributed by atoms with Crippen molar-refractivity contribution in [2.45, 2.75) is 24.8 Å². The zero-order valence-corrected chi connectivity index (χ0v) is 14.5. The Bertz CT molecular complexity index is 1050. The Kier molecular flexibility index (Phi) is 3.57. The molecule has 1 aliphatic carbocycles. The van der Waals surface area contributed by atoms with Crippen LogP contribution in [0.2, 0.25) is 0 Å². The van der Waals surface area contributed by atoms with E-state index in [0.29, 0.717) is 18.8 Å². The summed E-state index contributed by atoms with van der Waals surface area (Å²) >= 11 is 0. The summed E-state index contributed by atoms with van der Waals surface area (Å²) in [5.74, 6) is 0.883. The first-order valence-corrected chi connectivity index (χ1v) is 8.98. The molecule has 0 unspecified atom stereocenters. The van der Waals surface area contributed by atoms with Crippen LogP contribution >= 0.6 is 0 Å². The zero-order valence-electron chi connectivity index (χ0n) is 14.5. The minimum Gasteiger partial charge on any atom is -0.508 e. The SMILES string of the molecule is O=C1C[C@@H](c2ccccc2O)CC2=C1[C@@H](c1ccccc1)n1ncnc1N2. The van der Waals surface area contributed by atoms with Gasteiger partial charge in [-0.25, -0.2) is 4.68 Å². The molecule has 0 fully saturated rings. The van der Waals surface area contributed by atoms with Gasteiger partial charge in [-0.3, -0.25) is 4.79 Å². The number of hydrogen-bond donors (Lipinski definition) is 2. The first-order chi connectivity index (χ1) is 13.2. The molecule has 0 saturated carbocycles. The molecule has 2 N–H and O–H groups in total. The number of allylic oxidation sites excluding steroid dienone is 2. The first-order valence-electron chi connectivity index (χ1n) is 8.98. The van der Waals surface area contributed by atoms with Crippen molar-refractivity contribution in [2.75, 3.05) is 5.32 Å². The van der Waals surface area contributed by atoms with Crippen molar-refractivity contribution in [3.8, 4) is 5.75 Å². The molecule has 0 radical (unpaired) electrons. The molecule has 2 heterocycles.